The molecule has 2 aromatic heterocycles. The number of nitrogens with zero attached hydrogens (tertiary/aromatic N) is 5. The van der Waals surface area contributed by atoms with Crippen molar-refractivity contribution in [1.29, 1.82) is 0 Å². The lowest BCUT2D eigenvalue weighted by Crippen LogP contribution is -2.53. The van der Waals surface area contributed by atoms with Gasteiger partial charge in [-0.3, -0.25) is 19.4 Å². The van der Waals surface area contributed by atoms with Gasteiger partial charge in [0.05, 0.1) is 32.0 Å². The zero-order valence-electron chi connectivity index (χ0n) is 16.0. The van der Waals surface area contributed by atoms with Crippen LogP contribution >= 0.6 is 0 Å². The molecule has 8 nitrogen and oxygen atoms in total. The number of morpholine rings is 2. The molecule has 0 aliphatic carbocycles. The molecule has 8 heteroatoms. The van der Waals surface area contributed by atoms with E-state index in [1.807, 2.05) is 35.5 Å². The summed E-state index contributed by atoms with van der Waals surface area (Å²) in [6.07, 6.45) is 7.56. The Morgan fingerprint density at radius 1 is 1.14 bits per heavy atom. The molecule has 2 aromatic rings. The number of carbonyl (C=O) groups excluding carboxylic acids is 1. The summed E-state index contributed by atoms with van der Waals surface area (Å²) in [5.41, 5.74) is 1.02. The molecule has 2 fully saturated rings. The first kappa shape index (κ1) is 19.0. The minimum Gasteiger partial charge on any atom is -0.379 e. The fourth-order valence-corrected chi connectivity index (χ4v) is 3.94. The van der Waals surface area contributed by atoms with Gasteiger partial charge in [0.1, 0.15) is 0 Å². The van der Waals surface area contributed by atoms with Crippen molar-refractivity contribution in [2.45, 2.75) is 25.1 Å². The van der Waals surface area contributed by atoms with E-state index in [-0.39, 0.29) is 18.1 Å². The highest BCUT2D eigenvalue weighted by atomic mass is 16.5. The molecule has 0 unspecified atom stereocenters. The quantitative estimate of drug-likeness (QED) is 0.738. The van der Waals surface area contributed by atoms with Crippen LogP contribution in [0.3, 0.4) is 0 Å². The van der Waals surface area contributed by atoms with E-state index in [0.29, 0.717) is 26.1 Å². The first-order valence-corrected chi connectivity index (χ1v) is 9.90. The SMILES string of the molecule is O=C(CCn1cccn1)N1CCO[C@@H](CN2CCOCC2)[C@@H]1c1cccnc1. The normalized spacial score (nSPS) is 23.6. The molecule has 0 spiro atoms. The lowest BCUT2D eigenvalue weighted by molar-refractivity contribution is -0.149. The van der Waals surface area contributed by atoms with Gasteiger partial charge >= 0.3 is 0 Å². The predicted molar refractivity (Wildman–Crippen MR) is 103 cm³/mol. The van der Waals surface area contributed by atoms with Crippen molar-refractivity contribution in [2.75, 3.05) is 46.0 Å². The Labute approximate surface area is 165 Å². The lowest BCUT2D eigenvalue weighted by Gasteiger charge is -2.43. The predicted octanol–water partition coefficient (Wildman–Crippen LogP) is 0.969. The number of hydrogen-bond acceptors (Lipinski definition) is 6. The lowest BCUT2D eigenvalue weighted by atomic mass is 9.98. The summed E-state index contributed by atoms with van der Waals surface area (Å²) in [4.78, 5) is 21.7. The molecule has 4 rings (SSSR count). The van der Waals surface area contributed by atoms with Gasteiger partial charge in [-0.05, 0) is 17.7 Å². The van der Waals surface area contributed by atoms with Crippen molar-refractivity contribution in [3.8, 4) is 0 Å². The molecule has 0 N–H and O–H groups in total. The summed E-state index contributed by atoms with van der Waals surface area (Å²) in [5.74, 6) is 0.125. The Kier molecular flexibility index (Phi) is 6.31. The van der Waals surface area contributed by atoms with E-state index >= 15 is 0 Å². The fraction of sp³-hybridized carbons (Fsp3) is 0.550. The third-order valence-electron chi connectivity index (χ3n) is 5.35. The van der Waals surface area contributed by atoms with Gasteiger partial charge in [-0.15, -0.1) is 0 Å². The van der Waals surface area contributed by atoms with Crippen LogP contribution in [0.4, 0.5) is 0 Å². The first-order valence-electron chi connectivity index (χ1n) is 9.90. The second-order valence-corrected chi connectivity index (χ2v) is 7.16. The molecule has 28 heavy (non-hydrogen) atoms. The number of hydrogen-bond donors (Lipinski definition) is 0. The molecule has 150 valence electrons. The summed E-state index contributed by atoms with van der Waals surface area (Å²) in [6, 6.07) is 5.69. The molecule has 0 aromatic carbocycles. The third-order valence-corrected chi connectivity index (χ3v) is 5.35. The third kappa shape index (κ3) is 4.57. The van der Waals surface area contributed by atoms with Crippen LogP contribution in [0.15, 0.2) is 43.0 Å². The van der Waals surface area contributed by atoms with Gasteiger partial charge in [-0.1, -0.05) is 6.07 Å². The van der Waals surface area contributed by atoms with E-state index < -0.39 is 0 Å². The van der Waals surface area contributed by atoms with Gasteiger partial charge in [0.25, 0.3) is 0 Å². The molecule has 2 atom stereocenters. The molecule has 2 saturated heterocycles. The van der Waals surface area contributed by atoms with Gasteiger partial charge in [0, 0.05) is 63.9 Å². The van der Waals surface area contributed by atoms with Crippen molar-refractivity contribution in [2.24, 2.45) is 0 Å². The standard InChI is InChI=1S/C20H27N5O3/c26-19(4-8-24-7-2-6-22-24)25-11-14-28-18(16-23-9-12-27-13-10-23)20(25)17-3-1-5-21-15-17/h1-3,5-7,15,18,20H,4,8-14,16H2/t18-,20-/m0/s1. The highest BCUT2D eigenvalue weighted by molar-refractivity contribution is 5.77. The zero-order chi connectivity index (χ0) is 19.2. The molecule has 4 heterocycles. The minimum atomic E-state index is -0.129. The van der Waals surface area contributed by atoms with Crippen molar-refractivity contribution >= 4 is 5.91 Å². The summed E-state index contributed by atoms with van der Waals surface area (Å²) in [6.45, 7) is 5.80. The summed E-state index contributed by atoms with van der Waals surface area (Å²) in [5, 5.41) is 4.20. The minimum absolute atomic E-state index is 0.0790. The number of amides is 1. The topological polar surface area (TPSA) is 72.7 Å². The Hall–Kier alpha value is -2.29. The summed E-state index contributed by atoms with van der Waals surface area (Å²) in [7, 11) is 0. The fourth-order valence-electron chi connectivity index (χ4n) is 3.94. The van der Waals surface area contributed by atoms with Crippen LogP contribution < -0.4 is 0 Å². The van der Waals surface area contributed by atoms with Crippen LogP contribution in [0.2, 0.25) is 0 Å². The first-order chi connectivity index (χ1) is 13.8. The number of ether oxygens (including phenoxy) is 2. The van der Waals surface area contributed by atoms with Crippen LogP contribution in [0.25, 0.3) is 0 Å². The van der Waals surface area contributed by atoms with Gasteiger partial charge in [-0.2, -0.15) is 5.10 Å². The highest BCUT2D eigenvalue weighted by Gasteiger charge is 2.37. The highest BCUT2D eigenvalue weighted by Crippen LogP contribution is 2.30. The van der Waals surface area contributed by atoms with Crippen molar-refractivity contribution < 1.29 is 14.3 Å². The van der Waals surface area contributed by atoms with E-state index in [1.54, 1.807) is 17.1 Å². The monoisotopic (exact) mass is 385 g/mol. The zero-order valence-corrected chi connectivity index (χ0v) is 16.0. The maximum atomic E-state index is 13.1. The second-order valence-electron chi connectivity index (χ2n) is 7.16. The van der Waals surface area contributed by atoms with Crippen molar-refractivity contribution in [3.05, 3.63) is 48.5 Å². The second kappa shape index (κ2) is 9.27. The van der Waals surface area contributed by atoms with Crippen LogP contribution in [0.5, 0.6) is 0 Å². The van der Waals surface area contributed by atoms with Gasteiger partial charge in [0.15, 0.2) is 0 Å². The van der Waals surface area contributed by atoms with E-state index in [1.165, 1.54) is 0 Å². The molecule has 0 bridgehead atoms. The van der Waals surface area contributed by atoms with Gasteiger partial charge in [0.2, 0.25) is 5.91 Å². The smallest absolute Gasteiger partial charge is 0.225 e. The van der Waals surface area contributed by atoms with Crippen LogP contribution in [0.1, 0.15) is 18.0 Å². The summed E-state index contributed by atoms with van der Waals surface area (Å²) >= 11 is 0. The maximum Gasteiger partial charge on any atom is 0.225 e. The van der Waals surface area contributed by atoms with Crippen LogP contribution in [-0.2, 0) is 20.8 Å². The van der Waals surface area contributed by atoms with E-state index in [4.69, 9.17) is 9.47 Å². The van der Waals surface area contributed by atoms with Crippen LogP contribution in [0, 0.1) is 0 Å². The number of aryl methyl sites for hydroxylation is 1. The molecule has 0 saturated carbocycles. The number of rotatable bonds is 6. The Bertz CT molecular complexity index is 734. The molecule has 2 aliphatic heterocycles. The Morgan fingerprint density at radius 2 is 2.04 bits per heavy atom. The van der Waals surface area contributed by atoms with Gasteiger partial charge in [-0.25, -0.2) is 0 Å². The van der Waals surface area contributed by atoms with Crippen molar-refractivity contribution in [1.82, 2.24) is 24.6 Å². The average molecular weight is 385 g/mol. The number of aromatic nitrogens is 3. The van der Waals surface area contributed by atoms with E-state index in [2.05, 4.69) is 15.0 Å². The Balaban J connectivity index is 1.50. The van der Waals surface area contributed by atoms with Crippen molar-refractivity contribution in [3.63, 3.8) is 0 Å². The Morgan fingerprint density at radius 3 is 2.79 bits per heavy atom. The number of carbonyl (C=O) groups is 1. The largest absolute Gasteiger partial charge is 0.379 e. The molecular formula is C20H27N5O3. The van der Waals surface area contributed by atoms with E-state index in [9.17, 15) is 4.79 Å². The summed E-state index contributed by atoms with van der Waals surface area (Å²) < 4.78 is 13.4. The van der Waals surface area contributed by atoms with E-state index in [0.717, 1.165) is 38.4 Å². The maximum absolute atomic E-state index is 13.1. The molecule has 0 radical (unpaired) electrons. The molecular weight excluding hydrogens is 358 g/mol. The average Bonchev–Trinajstić information content (AvgIpc) is 3.27. The van der Waals surface area contributed by atoms with Gasteiger partial charge < -0.3 is 14.4 Å². The molecule has 1 amide bonds. The molecule has 2 aliphatic rings. The number of pyridine rings is 1. The van der Waals surface area contributed by atoms with Crippen LogP contribution in [-0.4, -0.2) is 82.6 Å².